The number of esters is 1. The molecule has 0 spiro atoms. The van der Waals surface area contributed by atoms with Crippen molar-refractivity contribution in [1.82, 2.24) is 19.6 Å². The molecular formula is C19H21N5O3. The Labute approximate surface area is 156 Å². The van der Waals surface area contributed by atoms with E-state index in [0.29, 0.717) is 17.0 Å². The third kappa shape index (κ3) is 3.46. The lowest BCUT2D eigenvalue weighted by Gasteiger charge is -2.09. The number of carbonyl (C=O) groups excluding carboxylic acids is 2. The standard InChI is InChI=1S/C19H21N5O3/c1-5-27-19(26)15-11-20-23(4)17(15)21-18(25)16-12(2)22-24(13(16)3)14-9-7-6-8-10-14/h6-11H,5H2,1-4H3,(H,21,25). The summed E-state index contributed by atoms with van der Waals surface area (Å²) in [5.41, 5.74) is 2.82. The van der Waals surface area contributed by atoms with Crippen molar-refractivity contribution < 1.29 is 14.3 Å². The first-order valence-corrected chi connectivity index (χ1v) is 8.56. The number of ether oxygens (including phenoxy) is 1. The summed E-state index contributed by atoms with van der Waals surface area (Å²) in [5.74, 6) is -0.611. The molecule has 2 heterocycles. The molecule has 0 saturated carbocycles. The molecule has 0 atom stereocenters. The maximum atomic E-state index is 12.9. The molecule has 1 amide bonds. The molecule has 0 radical (unpaired) electrons. The van der Waals surface area contributed by atoms with E-state index in [1.165, 1.54) is 10.9 Å². The highest BCUT2D eigenvalue weighted by molar-refractivity contribution is 6.08. The van der Waals surface area contributed by atoms with E-state index in [9.17, 15) is 9.59 Å². The Morgan fingerprint density at radius 2 is 1.89 bits per heavy atom. The summed E-state index contributed by atoms with van der Waals surface area (Å²) in [5, 5.41) is 11.3. The van der Waals surface area contributed by atoms with Gasteiger partial charge in [-0.25, -0.2) is 9.48 Å². The van der Waals surface area contributed by atoms with Crippen LogP contribution in [0.15, 0.2) is 36.5 Å². The number of benzene rings is 1. The second-order valence-electron chi connectivity index (χ2n) is 6.00. The molecule has 0 unspecified atom stereocenters. The Morgan fingerprint density at radius 1 is 1.19 bits per heavy atom. The molecule has 8 heteroatoms. The number of para-hydroxylation sites is 1. The van der Waals surface area contributed by atoms with Gasteiger partial charge >= 0.3 is 5.97 Å². The van der Waals surface area contributed by atoms with Gasteiger partial charge in [0, 0.05) is 7.05 Å². The summed E-state index contributed by atoms with van der Waals surface area (Å²) in [6, 6.07) is 9.57. The number of rotatable bonds is 5. The van der Waals surface area contributed by atoms with Crippen LogP contribution in [0, 0.1) is 13.8 Å². The molecule has 0 aliphatic carbocycles. The van der Waals surface area contributed by atoms with E-state index >= 15 is 0 Å². The zero-order valence-electron chi connectivity index (χ0n) is 15.7. The highest BCUT2D eigenvalue weighted by Crippen LogP contribution is 2.21. The van der Waals surface area contributed by atoms with Crippen LogP contribution in [0.2, 0.25) is 0 Å². The van der Waals surface area contributed by atoms with E-state index in [0.717, 1.165) is 5.69 Å². The lowest BCUT2D eigenvalue weighted by atomic mass is 10.1. The molecule has 0 aliphatic rings. The lowest BCUT2D eigenvalue weighted by Crippen LogP contribution is -2.19. The summed E-state index contributed by atoms with van der Waals surface area (Å²) in [4.78, 5) is 25.0. The molecule has 1 aromatic carbocycles. The van der Waals surface area contributed by atoms with E-state index in [-0.39, 0.29) is 23.9 Å². The maximum Gasteiger partial charge on any atom is 0.343 e. The van der Waals surface area contributed by atoms with Gasteiger partial charge in [-0.3, -0.25) is 9.48 Å². The van der Waals surface area contributed by atoms with Crippen LogP contribution in [-0.4, -0.2) is 38.0 Å². The maximum absolute atomic E-state index is 12.9. The van der Waals surface area contributed by atoms with Gasteiger partial charge in [-0.2, -0.15) is 10.2 Å². The van der Waals surface area contributed by atoms with Crippen LogP contribution in [0.25, 0.3) is 5.69 Å². The van der Waals surface area contributed by atoms with Gasteiger partial charge in [0.2, 0.25) is 0 Å². The summed E-state index contributed by atoms with van der Waals surface area (Å²) < 4.78 is 8.17. The molecule has 8 nitrogen and oxygen atoms in total. The van der Waals surface area contributed by atoms with E-state index in [1.807, 2.05) is 37.3 Å². The predicted octanol–water partition coefficient (Wildman–Crippen LogP) is 2.65. The highest BCUT2D eigenvalue weighted by atomic mass is 16.5. The SMILES string of the molecule is CCOC(=O)c1cnn(C)c1NC(=O)c1c(C)nn(-c2ccccc2)c1C. The number of hydrogen-bond acceptors (Lipinski definition) is 5. The van der Waals surface area contributed by atoms with Crippen LogP contribution in [0.4, 0.5) is 5.82 Å². The Balaban J connectivity index is 1.94. The highest BCUT2D eigenvalue weighted by Gasteiger charge is 2.24. The van der Waals surface area contributed by atoms with Crippen LogP contribution in [0.3, 0.4) is 0 Å². The molecule has 2 aromatic heterocycles. The van der Waals surface area contributed by atoms with Gasteiger partial charge in [0.25, 0.3) is 5.91 Å². The van der Waals surface area contributed by atoms with Crippen LogP contribution in [-0.2, 0) is 11.8 Å². The van der Waals surface area contributed by atoms with Gasteiger partial charge in [0.1, 0.15) is 11.4 Å². The monoisotopic (exact) mass is 367 g/mol. The quantitative estimate of drug-likeness (QED) is 0.700. The fraction of sp³-hybridized carbons (Fsp3) is 0.263. The summed E-state index contributed by atoms with van der Waals surface area (Å²) in [6.07, 6.45) is 1.38. The second kappa shape index (κ2) is 7.45. The molecule has 0 fully saturated rings. The minimum absolute atomic E-state index is 0.207. The Bertz CT molecular complexity index is 988. The molecule has 0 bridgehead atoms. The minimum atomic E-state index is -0.533. The van der Waals surface area contributed by atoms with Crippen LogP contribution >= 0.6 is 0 Å². The first-order valence-electron chi connectivity index (χ1n) is 8.56. The van der Waals surface area contributed by atoms with Crippen LogP contribution < -0.4 is 5.32 Å². The fourth-order valence-electron chi connectivity index (χ4n) is 2.91. The zero-order chi connectivity index (χ0) is 19.6. The van der Waals surface area contributed by atoms with Crippen molar-refractivity contribution in [2.75, 3.05) is 11.9 Å². The molecule has 27 heavy (non-hydrogen) atoms. The molecule has 3 rings (SSSR count). The first kappa shape index (κ1) is 18.4. The van der Waals surface area contributed by atoms with E-state index in [2.05, 4.69) is 15.5 Å². The summed E-state index contributed by atoms with van der Waals surface area (Å²) in [6.45, 7) is 5.56. The average Bonchev–Trinajstić information content (AvgIpc) is 3.15. The number of amides is 1. The molecule has 0 saturated heterocycles. The normalized spacial score (nSPS) is 10.7. The van der Waals surface area contributed by atoms with Crippen molar-refractivity contribution in [1.29, 1.82) is 0 Å². The van der Waals surface area contributed by atoms with Gasteiger partial charge in [0.05, 0.1) is 35.4 Å². The smallest absolute Gasteiger partial charge is 0.343 e. The largest absolute Gasteiger partial charge is 0.462 e. The predicted molar refractivity (Wildman–Crippen MR) is 100 cm³/mol. The van der Waals surface area contributed by atoms with E-state index in [1.54, 1.807) is 25.6 Å². The fourth-order valence-corrected chi connectivity index (χ4v) is 2.91. The van der Waals surface area contributed by atoms with Gasteiger partial charge < -0.3 is 10.1 Å². The number of hydrogen-bond donors (Lipinski definition) is 1. The number of anilines is 1. The number of nitrogens with one attached hydrogen (secondary N) is 1. The molecule has 140 valence electrons. The van der Waals surface area contributed by atoms with Crippen molar-refractivity contribution in [3.63, 3.8) is 0 Å². The molecule has 3 aromatic rings. The van der Waals surface area contributed by atoms with E-state index < -0.39 is 5.97 Å². The first-order chi connectivity index (χ1) is 12.9. The third-order valence-electron chi connectivity index (χ3n) is 4.19. The van der Waals surface area contributed by atoms with Crippen molar-refractivity contribution >= 4 is 17.7 Å². The molecule has 0 aliphatic heterocycles. The van der Waals surface area contributed by atoms with Crippen molar-refractivity contribution in [3.05, 3.63) is 59.0 Å². The Morgan fingerprint density at radius 3 is 2.56 bits per heavy atom. The van der Waals surface area contributed by atoms with Gasteiger partial charge in [-0.15, -0.1) is 0 Å². The number of aromatic nitrogens is 4. The van der Waals surface area contributed by atoms with Crippen LogP contribution in [0.1, 0.15) is 39.0 Å². The van der Waals surface area contributed by atoms with E-state index in [4.69, 9.17) is 4.74 Å². The summed E-state index contributed by atoms with van der Waals surface area (Å²) in [7, 11) is 1.64. The third-order valence-corrected chi connectivity index (χ3v) is 4.19. The number of carbonyl (C=O) groups is 2. The van der Waals surface area contributed by atoms with Crippen LogP contribution in [0.5, 0.6) is 0 Å². The molecule has 1 N–H and O–H groups in total. The number of aryl methyl sites for hydroxylation is 2. The Hall–Kier alpha value is -3.42. The second-order valence-corrected chi connectivity index (χ2v) is 6.00. The van der Waals surface area contributed by atoms with Crippen molar-refractivity contribution in [2.45, 2.75) is 20.8 Å². The summed E-state index contributed by atoms with van der Waals surface area (Å²) >= 11 is 0. The van der Waals surface area contributed by atoms with Crippen molar-refractivity contribution in [2.24, 2.45) is 7.05 Å². The topological polar surface area (TPSA) is 91.0 Å². The van der Waals surface area contributed by atoms with Gasteiger partial charge in [-0.05, 0) is 32.9 Å². The number of nitrogens with zero attached hydrogens (tertiary/aromatic N) is 4. The molecular weight excluding hydrogens is 346 g/mol. The average molecular weight is 367 g/mol. The van der Waals surface area contributed by atoms with Crippen molar-refractivity contribution in [3.8, 4) is 5.69 Å². The zero-order valence-corrected chi connectivity index (χ0v) is 15.7. The minimum Gasteiger partial charge on any atom is -0.462 e. The Kier molecular flexibility index (Phi) is 5.07. The lowest BCUT2D eigenvalue weighted by molar-refractivity contribution is 0.0527. The van der Waals surface area contributed by atoms with Gasteiger partial charge in [0.15, 0.2) is 0 Å². The van der Waals surface area contributed by atoms with Gasteiger partial charge in [-0.1, -0.05) is 18.2 Å².